The van der Waals surface area contributed by atoms with E-state index in [2.05, 4.69) is 0 Å². The SMILES string of the molecule is CC(=O)C1=C(O)C(=O)N(CCN(C)C)C1c1ccccc1. The summed E-state index contributed by atoms with van der Waals surface area (Å²) in [5.74, 6) is -1.17. The van der Waals surface area contributed by atoms with Gasteiger partial charge in [0.2, 0.25) is 0 Å². The highest BCUT2D eigenvalue weighted by Gasteiger charge is 2.41. The van der Waals surface area contributed by atoms with Crippen molar-refractivity contribution in [2.45, 2.75) is 13.0 Å². The van der Waals surface area contributed by atoms with Crippen molar-refractivity contribution in [2.24, 2.45) is 0 Å². The van der Waals surface area contributed by atoms with Crippen LogP contribution in [-0.2, 0) is 9.59 Å². The summed E-state index contributed by atoms with van der Waals surface area (Å²) in [6.45, 7) is 2.49. The molecule has 0 bridgehead atoms. The predicted octanol–water partition coefficient (Wildman–Crippen LogP) is 1.53. The van der Waals surface area contributed by atoms with Gasteiger partial charge in [0.05, 0.1) is 11.6 Å². The molecule has 0 saturated carbocycles. The van der Waals surface area contributed by atoms with Gasteiger partial charge in [-0.3, -0.25) is 9.59 Å². The first-order valence-corrected chi connectivity index (χ1v) is 6.88. The zero-order chi connectivity index (χ0) is 15.6. The normalized spacial score (nSPS) is 18.8. The zero-order valence-electron chi connectivity index (χ0n) is 12.5. The third-order valence-electron chi connectivity index (χ3n) is 3.59. The third-order valence-corrected chi connectivity index (χ3v) is 3.59. The quantitative estimate of drug-likeness (QED) is 0.892. The Hall–Kier alpha value is -2.14. The number of aliphatic hydroxyl groups excluding tert-OH is 1. The molecular formula is C16H20N2O3. The van der Waals surface area contributed by atoms with Gasteiger partial charge < -0.3 is 14.9 Å². The molecule has 2 rings (SSSR count). The number of amides is 1. The molecule has 1 aromatic rings. The van der Waals surface area contributed by atoms with Crippen LogP contribution in [0.1, 0.15) is 18.5 Å². The number of likely N-dealkylation sites (N-methyl/N-ethyl adjacent to an activating group) is 1. The maximum atomic E-state index is 12.3. The molecule has 0 fully saturated rings. The minimum atomic E-state index is -0.504. The van der Waals surface area contributed by atoms with E-state index in [-0.39, 0.29) is 11.4 Å². The molecular weight excluding hydrogens is 268 g/mol. The number of carbonyl (C=O) groups is 2. The Bertz CT molecular complexity index is 578. The number of rotatable bonds is 5. The molecule has 112 valence electrons. The molecule has 5 heteroatoms. The average Bonchev–Trinajstić information content (AvgIpc) is 2.70. The van der Waals surface area contributed by atoms with E-state index in [1.165, 1.54) is 6.92 Å². The second kappa shape index (κ2) is 6.10. The van der Waals surface area contributed by atoms with Crippen molar-refractivity contribution in [2.75, 3.05) is 27.2 Å². The Morgan fingerprint density at radius 3 is 2.43 bits per heavy atom. The highest BCUT2D eigenvalue weighted by molar-refractivity contribution is 6.08. The average molecular weight is 288 g/mol. The van der Waals surface area contributed by atoms with E-state index in [1.807, 2.05) is 49.3 Å². The van der Waals surface area contributed by atoms with Crippen molar-refractivity contribution in [1.82, 2.24) is 9.80 Å². The van der Waals surface area contributed by atoms with E-state index in [4.69, 9.17) is 0 Å². The topological polar surface area (TPSA) is 60.9 Å². The lowest BCUT2D eigenvalue weighted by Gasteiger charge is -2.27. The van der Waals surface area contributed by atoms with Crippen molar-refractivity contribution < 1.29 is 14.7 Å². The molecule has 1 N–H and O–H groups in total. The van der Waals surface area contributed by atoms with Crippen molar-refractivity contribution in [3.63, 3.8) is 0 Å². The molecule has 1 unspecified atom stereocenters. The van der Waals surface area contributed by atoms with Crippen LogP contribution in [0, 0.1) is 0 Å². The van der Waals surface area contributed by atoms with Crippen molar-refractivity contribution >= 4 is 11.7 Å². The summed E-state index contributed by atoms with van der Waals surface area (Å²) < 4.78 is 0. The van der Waals surface area contributed by atoms with Gasteiger partial charge in [0.15, 0.2) is 11.5 Å². The van der Waals surface area contributed by atoms with Gasteiger partial charge in [-0.25, -0.2) is 0 Å². The van der Waals surface area contributed by atoms with Gasteiger partial charge in [-0.1, -0.05) is 30.3 Å². The summed E-state index contributed by atoms with van der Waals surface area (Å²) in [5, 5.41) is 10.0. The van der Waals surface area contributed by atoms with Crippen LogP contribution in [0.5, 0.6) is 0 Å². The van der Waals surface area contributed by atoms with E-state index in [1.54, 1.807) is 4.90 Å². The van der Waals surface area contributed by atoms with E-state index in [0.29, 0.717) is 13.1 Å². The molecule has 0 spiro atoms. The van der Waals surface area contributed by atoms with Crippen LogP contribution in [0.2, 0.25) is 0 Å². The summed E-state index contributed by atoms with van der Waals surface area (Å²) in [4.78, 5) is 27.6. The highest BCUT2D eigenvalue weighted by atomic mass is 16.3. The second-order valence-corrected chi connectivity index (χ2v) is 5.43. The Morgan fingerprint density at radius 1 is 1.29 bits per heavy atom. The van der Waals surface area contributed by atoms with Gasteiger partial charge in [0.1, 0.15) is 0 Å². The molecule has 0 saturated heterocycles. The molecule has 0 aromatic heterocycles. The number of nitrogens with zero attached hydrogens (tertiary/aromatic N) is 2. The van der Waals surface area contributed by atoms with Crippen LogP contribution < -0.4 is 0 Å². The van der Waals surface area contributed by atoms with Crippen LogP contribution in [0.3, 0.4) is 0 Å². The van der Waals surface area contributed by atoms with Gasteiger partial charge in [0, 0.05) is 13.1 Å². The molecule has 1 aliphatic heterocycles. The van der Waals surface area contributed by atoms with Crippen molar-refractivity contribution in [1.29, 1.82) is 0 Å². The van der Waals surface area contributed by atoms with Gasteiger partial charge in [0.25, 0.3) is 5.91 Å². The minimum absolute atomic E-state index is 0.185. The predicted molar refractivity (Wildman–Crippen MR) is 79.8 cm³/mol. The van der Waals surface area contributed by atoms with Crippen LogP contribution in [-0.4, -0.2) is 53.8 Å². The van der Waals surface area contributed by atoms with Crippen LogP contribution in [0.4, 0.5) is 0 Å². The van der Waals surface area contributed by atoms with E-state index < -0.39 is 17.7 Å². The molecule has 0 aliphatic carbocycles. The minimum Gasteiger partial charge on any atom is -0.503 e. The monoisotopic (exact) mass is 288 g/mol. The molecule has 1 aliphatic rings. The maximum absolute atomic E-state index is 12.3. The van der Waals surface area contributed by atoms with Crippen molar-refractivity contribution in [3.05, 3.63) is 47.2 Å². The summed E-state index contributed by atoms with van der Waals surface area (Å²) in [5.41, 5.74) is 1.02. The number of ketones is 1. The van der Waals surface area contributed by atoms with E-state index in [9.17, 15) is 14.7 Å². The number of hydrogen-bond donors (Lipinski definition) is 1. The molecule has 5 nitrogen and oxygen atoms in total. The maximum Gasteiger partial charge on any atom is 0.290 e. The largest absolute Gasteiger partial charge is 0.503 e. The summed E-state index contributed by atoms with van der Waals surface area (Å²) in [7, 11) is 3.83. The first-order chi connectivity index (χ1) is 9.93. The molecule has 1 heterocycles. The van der Waals surface area contributed by atoms with Crippen LogP contribution in [0.25, 0.3) is 0 Å². The first kappa shape index (κ1) is 15.3. The number of benzene rings is 1. The lowest BCUT2D eigenvalue weighted by molar-refractivity contribution is -0.129. The Balaban J connectivity index is 2.41. The Kier molecular flexibility index (Phi) is 4.43. The molecule has 1 aromatic carbocycles. The second-order valence-electron chi connectivity index (χ2n) is 5.43. The Morgan fingerprint density at radius 2 is 1.90 bits per heavy atom. The molecule has 0 radical (unpaired) electrons. The fourth-order valence-corrected chi connectivity index (χ4v) is 2.53. The zero-order valence-corrected chi connectivity index (χ0v) is 12.5. The summed E-state index contributed by atoms with van der Waals surface area (Å²) in [6.07, 6.45) is 0. The highest BCUT2D eigenvalue weighted by Crippen LogP contribution is 2.37. The Labute approximate surface area is 124 Å². The fraction of sp³-hybridized carbons (Fsp3) is 0.375. The lowest BCUT2D eigenvalue weighted by atomic mass is 9.97. The van der Waals surface area contributed by atoms with Gasteiger partial charge in [-0.15, -0.1) is 0 Å². The summed E-state index contributed by atoms with van der Waals surface area (Å²) in [6, 6.07) is 8.82. The third kappa shape index (κ3) is 2.97. The van der Waals surface area contributed by atoms with Crippen LogP contribution >= 0.6 is 0 Å². The molecule has 1 amide bonds. The first-order valence-electron chi connectivity index (χ1n) is 6.88. The lowest BCUT2D eigenvalue weighted by Crippen LogP contribution is -2.36. The van der Waals surface area contributed by atoms with Gasteiger partial charge in [-0.2, -0.15) is 0 Å². The smallest absolute Gasteiger partial charge is 0.290 e. The molecule has 21 heavy (non-hydrogen) atoms. The van der Waals surface area contributed by atoms with Gasteiger partial charge >= 0.3 is 0 Å². The van der Waals surface area contributed by atoms with E-state index >= 15 is 0 Å². The summed E-state index contributed by atoms with van der Waals surface area (Å²) >= 11 is 0. The number of aliphatic hydroxyl groups is 1. The standard InChI is InChI=1S/C16H20N2O3/c1-11(19)13-14(12-7-5-4-6-8-12)18(10-9-17(2)3)16(21)15(13)20/h4-8,14,20H,9-10H2,1-3H3. The van der Waals surface area contributed by atoms with Crippen molar-refractivity contribution in [3.8, 4) is 0 Å². The van der Waals surface area contributed by atoms with E-state index in [0.717, 1.165) is 5.56 Å². The van der Waals surface area contributed by atoms with Gasteiger partial charge in [-0.05, 0) is 26.6 Å². The van der Waals surface area contributed by atoms with Crippen LogP contribution in [0.15, 0.2) is 41.7 Å². The number of Topliss-reactive ketones (excluding diaryl/α,β-unsaturated/α-hetero) is 1. The molecule has 1 atom stereocenters. The number of carbonyl (C=O) groups excluding carboxylic acids is 2. The number of hydrogen-bond acceptors (Lipinski definition) is 4. The fourth-order valence-electron chi connectivity index (χ4n) is 2.53.